The number of benzene rings is 1. The topological polar surface area (TPSA) is 67.8 Å². The van der Waals surface area contributed by atoms with Gasteiger partial charge in [0.05, 0.1) is 12.2 Å². The Bertz CT molecular complexity index is 803. The number of aryl methyl sites for hydroxylation is 1. The highest BCUT2D eigenvalue weighted by Gasteiger charge is 2.27. The maximum atomic E-state index is 6.13. The Labute approximate surface area is 180 Å². The fraction of sp³-hybridized carbons (Fsp3) is 0.500. The number of rotatable bonds is 7. The van der Waals surface area contributed by atoms with Crippen LogP contribution in [0.1, 0.15) is 49.5 Å². The fourth-order valence-electron chi connectivity index (χ4n) is 3.64. The molecule has 30 heavy (non-hydrogen) atoms. The highest BCUT2D eigenvalue weighted by Crippen LogP contribution is 2.33. The number of guanidine groups is 1. The molecule has 6 nitrogen and oxygen atoms in total. The van der Waals surface area contributed by atoms with Crippen molar-refractivity contribution in [2.24, 2.45) is 10.9 Å². The summed E-state index contributed by atoms with van der Waals surface area (Å²) in [5, 5.41) is 6.84. The zero-order chi connectivity index (χ0) is 21.3. The normalized spacial score (nSPS) is 19.6. The summed E-state index contributed by atoms with van der Waals surface area (Å²) in [4.78, 5) is 8.71. The fourth-order valence-corrected chi connectivity index (χ4v) is 3.64. The largest absolute Gasteiger partial charge is 0.475 e. The van der Waals surface area contributed by atoms with Crippen LogP contribution >= 0.6 is 0 Å². The number of pyridine rings is 1. The van der Waals surface area contributed by atoms with Gasteiger partial charge in [-0.3, -0.25) is 4.99 Å². The third-order valence-corrected chi connectivity index (χ3v) is 5.22. The molecule has 1 fully saturated rings. The maximum Gasteiger partial charge on any atom is 0.213 e. The number of aromatic nitrogens is 1. The molecule has 0 radical (unpaired) electrons. The summed E-state index contributed by atoms with van der Waals surface area (Å²) in [6, 6.07) is 12.6. The molecule has 1 aromatic carbocycles. The van der Waals surface area contributed by atoms with Gasteiger partial charge >= 0.3 is 0 Å². The number of hydrogen-bond donors (Lipinski definition) is 2. The molecule has 0 amide bonds. The summed E-state index contributed by atoms with van der Waals surface area (Å²) in [5.41, 5.74) is 3.60. The Morgan fingerprint density at radius 3 is 2.67 bits per heavy atom. The van der Waals surface area contributed by atoms with E-state index in [0.29, 0.717) is 18.3 Å². The molecule has 2 heterocycles. The number of ether oxygens (including phenoxy) is 2. The summed E-state index contributed by atoms with van der Waals surface area (Å²) in [7, 11) is 1.79. The predicted octanol–water partition coefficient (Wildman–Crippen LogP) is 4.01. The highest BCUT2D eigenvalue weighted by molar-refractivity contribution is 5.79. The molecule has 2 unspecified atom stereocenters. The summed E-state index contributed by atoms with van der Waals surface area (Å²) >= 11 is 0. The minimum absolute atomic E-state index is 0.122. The molecule has 0 spiro atoms. The first-order valence-electron chi connectivity index (χ1n) is 10.8. The zero-order valence-electron chi connectivity index (χ0n) is 18.5. The van der Waals surface area contributed by atoms with Gasteiger partial charge in [-0.05, 0) is 44.7 Å². The first kappa shape index (κ1) is 22.1. The molecule has 6 heteroatoms. The lowest BCUT2D eigenvalue weighted by Crippen LogP contribution is -2.41. The lowest BCUT2D eigenvalue weighted by Gasteiger charge is -2.32. The van der Waals surface area contributed by atoms with Crippen LogP contribution in [0, 0.1) is 12.8 Å². The quantitative estimate of drug-likeness (QED) is 0.533. The van der Waals surface area contributed by atoms with Crippen LogP contribution in [0.3, 0.4) is 0 Å². The van der Waals surface area contributed by atoms with Crippen LogP contribution < -0.4 is 15.4 Å². The van der Waals surface area contributed by atoms with E-state index in [9.17, 15) is 0 Å². The van der Waals surface area contributed by atoms with Crippen molar-refractivity contribution in [1.82, 2.24) is 15.6 Å². The molecule has 0 bridgehead atoms. The molecule has 0 aliphatic carbocycles. The molecular formula is C24H34N4O2. The third-order valence-electron chi connectivity index (χ3n) is 5.22. The Morgan fingerprint density at radius 2 is 2.00 bits per heavy atom. The summed E-state index contributed by atoms with van der Waals surface area (Å²) in [5.74, 6) is 1.84. The van der Waals surface area contributed by atoms with Gasteiger partial charge in [0.15, 0.2) is 5.96 Å². The first-order chi connectivity index (χ1) is 14.5. The van der Waals surface area contributed by atoms with E-state index in [0.717, 1.165) is 37.5 Å². The van der Waals surface area contributed by atoms with Crippen molar-refractivity contribution in [2.75, 3.05) is 20.2 Å². The van der Waals surface area contributed by atoms with Crippen molar-refractivity contribution in [3.8, 4) is 5.88 Å². The maximum absolute atomic E-state index is 6.13. The minimum Gasteiger partial charge on any atom is -0.475 e. The predicted molar refractivity (Wildman–Crippen MR) is 121 cm³/mol. The Morgan fingerprint density at radius 1 is 1.20 bits per heavy atom. The Balaban J connectivity index is 1.52. The van der Waals surface area contributed by atoms with Crippen LogP contribution in [-0.2, 0) is 11.3 Å². The molecule has 1 saturated heterocycles. The molecular weight excluding hydrogens is 376 g/mol. The number of hydrogen-bond acceptors (Lipinski definition) is 4. The first-order valence-corrected chi connectivity index (χ1v) is 10.8. The van der Waals surface area contributed by atoms with Crippen LogP contribution in [0.5, 0.6) is 5.88 Å². The van der Waals surface area contributed by atoms with Crippen LogP contribution in [0.4, 0.5) is 0 Å². The van der Waals surface area contributed by atoms with Gasteiger partial charge in [0, 0.05) is 44.9 Å². The molecule has 1 aromatic heterocycles. The van der Waals surface area contributed by atoms with E-state index in [-0.39, 0.29) is 12.2 Å². The molecule has 3 rings (SSSR count). The van der Waals surface area contributed by atoms with Crippen molar-refractivity contribution in [3.05, 3.63) is 59.3 Å². The van der Waals surface area contributed by atoms with E-state index in [1.807, 2.05) is 32.2 Å². The Hall–Kier alpha value is -2.60. The lowest BCUT2D eigenvalue weighted by atomic mass is 9.89. The van der Waals surface area contributed by atoms with Gasteiger partial charge in [0.25, 0.3) is 0 Å². The second-order valence-corrected chi connectivity index (χ2v) is 8.08. The molecule has 2 atom stereocenters. The molecule has 1 aliphatic heterocycles. The number of nitrogens with one attached hydrogen (secondary N) is 2. The summed E-state index contributed by atoms with van der Waals surface area (Å²) in [6.07, 6.45) is 4.32. The standard InChI is InChI=1S/C24H34N4O2/c1-17(2)30-22-12-9-19(14-26-22)15-27-24(25-4)28-16-21-6-5-13-29-23(21)20-10-7-18(3)8-11-20/h7-12,14,17,21,23H,5-6,13,15-16H2,1-4H3,(H2,25,27,28). The van der Waals surface area contributed by atoms with Crippen molar-refractivity contribution < 1.29 is 9.47 Å². The summed E-state index contributed by atoms with van der Waals surface area (Å²) < 4.78 is 11.7. The average Bonchev–Trinajstić information content (AvgIpc) is 2.75. The Kier molecular flexibility index (Phi) is 8.08. The van der Waals surface area contributed by atoms with Crippen molar-refractivity contribution in [3.63, 3.8) is 0 Å². The zero-order valence-corrected chi connectivity index (χ0v) is 18.5. The van der Waals surface area contributed by atoms with Gasteiger partial charge in [-0.1, -0.05) is 35.9 Å². The second-order valence-electron chi connectivity index (χ2n) is 8.08. The van der Waals surface area contributed by atoms with Crippen molar-refractivity contribution in [2.45, 2.75) is 52.4 Å². The van der Waals surface area contributed by atoms with Gasteiger partial charge in [-0.15, -0.1) is 0 Å². The number of nitrogens with zero attached hydrogens (tertiary/aromatic N) is 2. The van der Waals surface area contributed by atoms with Gasteiger partial charge < -0.3 is 20.1 Å². The molecule has 0 saturated carbocycles. The van der Waals surface area contributed by atoms with Crippen LogP contribution in [0.25, 0.3) is 0 Å². The van der Waals surface area contributed by atoms with E-state index >= 15 is 0 Å². The van der Waals surface area contributed by atoms with Gasteiger partial charge in [0.1, 0.15) is 0 Å². The molecule has 1 aliphatic rings. The molecule has 2 N–H and O–H groups in total. The monoisotopic (exact) mass is 410 g/mol. The van der Waals surface area contributed by atoms with Gasteiger partial charge in [-0.2, -0.15) is 0 Å². The minimum atomic E-state index is 0.122. The van der Waals surface area contributed by atoms with E-state index in [4.69, 9.17) is 9.47 Å². The molecule has 2 aromatic rings. The second kappa shape index (κ2) is 11.0. The number of aliphatic imine (C=N–C) groups is 1. The van der Waals surface area contributed by atoms with Crippen LogP contribution in [0.2, 0.25) is 0 Å². The molecule has 162 valence electrons. The van der Waals surface area contributed by atoms with Crippen molar-refractivity contribution in [1.29, 1.82) is 0 Å². The lowest BCUT2D eigenvalue weighted by molar-refractivity contribution is -0.0265. The SMILES string of the molecule is CN=C(NCc1ccc(OC(C)C)nc1)NCC1CCCOC1c1ccc(C)cc1. The van der Waals surface area contributed by atoms with Crippen molar-refractivity contribution >= 4 is 5.96 Å². The van der Waals surface area contributed by atoms with E-state index in [1.54, 1.807) is 7.05 Å². The van der Waals surface area contributed by atoms with Crippen LogP contribution in [-0.4, -0.2) is 37.2 Å². The summed E-state index contributed by atoms with van der Waals surface area (Å²) in [6.45, 7) is 8.39. The smallest absolute Gasteiger partial charge is 0.213 e. The van der Waals surface area contributed by atoms with E-state index in [1.165, 1.54) is 11.1 Å². The average molecular weight is 411 g/mol. The third kappa shape index (κ3) is 6.46. The van der Waals surface area contributed by atoms with E-state index < -0.39 is 0 Å². The highest BCUT2D eigenvalue weighted by atomic mass is 16.5. The van der Waals surface area contributed by atoms with Gasteiger partial charge in [0.2, 0.25) is 5.88 Å². The van der Waals surface area contributed by atoms with E-state index in [2.05, 4.69) is 51.8 Å². The van der Waals surface area contributed by atoms with Crippen LogP contribution in [0.15, 0.2) is 47.6 Å². The van der Waals surface area contributed by atoms with Gasteiger partial charge in [-0.25, -0.2) is 4.98 Å².